The molecule has 0 aliphatic heterocycles. The van der Waals surface area contributed by atoms with Gasteiger partial charge in [-0.1, -0.05) is 30.4 Å². The Morgan fingerprint density at radius 1 is 1.43 bits per heavy atom. The van der Waals surface area contributed by atoms with Crippen LogP contribution in [0.1, 0.15) is 12.0 Å². The second kappa shape index (κ2) is 5.17. The van der Waals surface area contributed by atoms with Crippen molar-refractivity contribution in [2.75, 3.05) is 0 Å². The van der Waals surface area contributed by atoms with Gasteiger partial charge in [0.25, 0.3) is 5.69 Å². The van der Waals surface area contributed by atoms with Crippen LogP contribution in [0.2, 0.25) is 0 Å². The maximum absolute atomic E-state index is 10.6. The number of para-hydroxylation sites is 1. The predicted molar refractivity (Wildman–Crippen MR) is 55.9 cm³/mol. The Labute approximate surface area is 83.2 Å². The standard InChI is InChI=1S/C11H12NO2/c1-2-3-4-7-10-8-5-6-9-11(10)12(13)14/h2-3,5-6,8-9H,1,4,7H2. The minimum atomic E-state index is -0.344. The maximum atomic E-state index is 10.6. The molecule has 14 heavy (non-hydrogen) atoms. The van der Waals surface area contributed by atoms with E-state index in [0.717, 1.165) is 12.0 Å². The first-order valence-electron chi connectivity index (χ1n) is 4.42. The van der Waals surface area contributed by atoms with Crippen LogP contribution in [-0.4, -0.2) is 4.92 Å². The Morgan fingerprint density at radius 3 is 2.79 bits per heavy atom. The van der Waals surface area contributed by atoms with Crippen molar-refractivity contribution >= 4 is 5.69 Å². The summed E-state index contributed by atoms with van der Waals surface area (Å²) in [5.41, 5.74) is 0.973. The lowest BCUT2D eigenvalue weighted by Gasteiger charge is -1.99. The molecule has 0 saturated heterocycles. The van der Waals surface area contributed by atoms with Crippen LogP contribution < -0.4 is 0 Å². The van der Waals surface area contributed by atoms with Gasteiger partial charge in [0.2, 0.25) is 0 Å². The number of allylic oxidation sites excluding steroid dienone is 2. The van der Waals surface area contributed by atoms with Gasteiger partial charge in [-0.15, -0.1) is 0 Å². The van der Waals surface area contributed by atoms with Gasteiger partial charge in [0, 0.05) is 11.6 Å². The number of aryl methyl sites for hydroxylation is 1. The number of rotatable bonds is 4. The summed E-state index contributed by atoms with van der Waals surface area (Å²) < 4.78 is 0. The van der Waals surface area contributed by atoms with E-state index in [2.05, 4.69) is 6.92 Å². The fourth-order valence-electron chi connectivity index (χ4n) is 1.26. The molecule has 0 spiro atoms. The predicted octanol–water partition coefficient (Wildman–Crippen LogP) is 2.92. The van der Waals surface area contributed by atoms with Gasteiger partial charge in [-0.2, -0.15) is 0 Å². The third kappa shape index (κ3) is 2.69. The summed E-state index contributed by atoms with van der Waals surface area (Å²) in [6.45, 7) is 3.56. The van der Waals surface area contributed by atoms with Crippen LogP contribution in [0.5, 0.6) is 0 Å². The Bertz CT molecular complexity index is 345. The average Bonchev–Trinajstić information content (AvgIpc) is 2.19. The van der Waals surface area contributed by atoms with Gasteiger partial charge in [-0.05, 0) is 19.8 Å². The number of hydrogen-bond acceptors (Lipinski definition) is 2. The third-order valence-corrected chi connectivity index (χ3v) is 1.94. The highest BCUT2D eigenvalue weighted by Crippen LogP contribution is 2.18. The number of benzene rings is 1. The van der Waals surface area contributed by atoms with Crippen LogP contribution in [0, 0.1) is 17.0 Å². The van der Waals surface area contributed by atoms with E-state index in [1.165, 1.54) is 6.07 Å². The molecule has 0 bridgehead atoms. The Kier molecular flexibility index (Phi) is 3.85. The quantitative estimate of drug-likeness (QED) is 0.541. The zero-order chi connectivity index (χ0) is 10.4. The van der Waals surface area contributed by atoms with Crippen LogP contribution in [0.3, 0.4) is 0 Å². The summed E-state index contributed by atoms with van der Waals surface area (Å²) in [6, 6.07) is 6.81. The summed E-state index contributed by atoms with van der Waals surface area (Å²) >= 11 is 0. The highest BCUT2D eigenvalue weighted by Gasteiger charge is 2.10. The van der Waals surface area contributed by atoms with Gasteiger partial charge >= 0.3 is 0 Å². The number of nitro benzene ring substituents is 1. The molecule has 0 N–H and O–H groups in total. The van der Waals surface area contributed by atoms with E-state index < -0.39 is 0 Å². The van der Waals surface area contributed by atoms with Crippen molar-refractivity contribution in [1.82, 2.24) is 0 Å². The van der Waals surface area contributed by atoms with Gasteiger partial charge in [-0.25, -0.2) is 0 Å². The normalized spacial score (nSPS) is 10.6. The van der Waals surface area contributed by atoms with Crippen molar-refractivity contribution < 1.29 is 4.92 Å². The molecule has 1 aromatic rings. The fourth-order valence-corrected chi connectivity index (χ4v) is 1.26. The highest BCUT2D eigenvalue weighted by atomic mass is 16.6. The van der Waals surface area contributed by atoms with E-state index in [1.54, 1.807) is 18.2 Å². The van der Waals surface area contributed by atoms with Gasteiger partial charge in [0.15, 0.2) is 0 Å². The summed E-state index contributed by atoms with van der Waals surface area (Å²) in [4.78, 5) is 10.3. The number of hydrogen-bond donors (Lipinski definition) is 0. The summed E-state index contributed by atoms with van der Waals surface area (Å²) in [5, 5.41) is 10.6. The van der Waals surface area contributed by atoms with Crippen molar-refractivity contribution in [3.8, 4) is 0 Å². The van der Waals surface area contributed by atoms with Crippen LogP contribution in [0.15, 0.2) is 36.4 Å². The largest absolute Gasteiger partial charge is 0.272 e. The number of nitro groups is 1. The fraction of sp³-hybridized carbons (Fsp3) is 0.182. The molecule has 1 aromatic carbocycles. The Hall–Kier alpha value is -1.64. The van der Waals surface area contributed by atoms with E-state index in [1.807, 2.05) is 12.1 Å². The van der Waals surface area contributed by atoms with E-state index in [9.17, 15) is 10.1 Å². The first-order chi connectivity index (χ1) is 6.75. The van der Waals surface area contributed by atoms with Crippen LogP contribution in [-0.2, 0) is 6.42 Å². The molecule has 0 fully saturated rings. The van der Waals surface area contributed by atoms with Gasteiger partial charge in [-0.3, -0.25) is 10.1 Å². The third-order valence-electron chi connectivity index (χ3n) is 1.94. The topological polar surface area (TPSA) is 43.1 Å². The zero-order valence-corrected chi connectivity index (χ0v) is 7.85. The molecule has 0 aliphatic rings. The molecule has 0 unspecified atom stereocenters. The van der Waals surface area contributed by atoms with Crippen LogP contribution >= 0.6 is 0 Å². The lowest BCUT2D eigenvalue weighted by Crippen LogP contribution is -1.94. The van der Waals surface area contributed by atoms with Gasteiger partial charge in [0.1, 0.15) is 0 Å². The molecule has 1 radical (unpaired) electrons. The van der Waals surface area contributed by atoms with Crippen LogP contribution in [0.25, 0.3) is 0 Å². The Morgan fingerprint density at radius 2 is 2.14 bits per heavy atom. The summed E-state index contributed by atoms with van der Waals surface area (Å²) in [7, 11) is 0. The average molecular weight is 190 g/mol. The molecule has 3 nitrogen and oxygen atoms in total. The molecule has 73 valence electrons. The van der Waals surface area contributed by atoms with E-state index in [0.29, 0.717) is 6.42 Å². The molecule has 0 atom stereocenters. The first kappa shape index (κ1) is 10.4. The molecule has 0 aromatic heterocycles. The summed E-state index contributed by atoms with van der Waals surface area (Å²) in [5.74, 6) is 0. The second-order valence-corrected chi connectivity index (χ2v) is 2.90. The molecule has 0 amide bonds. The zero-order valence-electron chi connectivity index (χ0n) is 7.85. The van der Waals surface area contributed by atoms with Crippen LogP contribution in [0.4, 0.5) is 5.69 Å². The van der Waals surface area contributed by atoms with E-state index in [4.69, 9.17) is 0 Å². The molecule has 0 heterocycles. The molecular formula is C11H12NO2. The van der Waals surface area contributed by atoms with Crippen molar-refractivity contribution in [2.24, 2.45) is 0 Å². The van der Waals surface area contributed by atoms with Crippen molar-refractivity contribution in [3.05, 3.63) is 59.0 Å². The maximum Gasteiger partial charge on any atom is 0.272 e. The molecule has 3 heteroatoms. The van der Waals surface area contributed by atoms with Crippen molar-refractivity contribution in [2.45, 2.75) is 12.8 Å². The molecular weight excluding hydrogens is 178 g/mol. The monoisotopic (exact) mass is 190 g/mol. The van der Waals surface area contributed by atoms with E-state index >= 15 is 0 Å². The smallest absolute Gasteiger partial charge is 0.258 e. The minimum Gasteiger partial charge on any atom is -0.258 e. The minimum absolute atomic E-state index is 0.199. The number of nitrogens with zero attached hydrogens (tertiary/aromatic N) is 1. The SMILES string of the molecule is [CH2]C=CCCc1ccccc1[N+](=O)[O-]. The lowest BCUT2D eigenvalue weighted by atomic mass is 10.1. The van der Waals surface area contributed by atoms with Crippen molar-refractivity contribution in [3.63, 3.8) is 0 Å². The Balaban J connectivity index is 2.79. The summed E-state index contributed by atoms with van der Waals surface area (Å²) in [6.07, 6.45) is 5.07. The molecule has 1 rings (SSSR count). The lowest BCUT2D eigenvalue weighted by molar-refractivity contribution is -0.385. The first-order valence-corrected chi connectivity index (χ1v) is 4.42. The second-order valence-electron chi connectivity index (χ2n) is 2.90. The molecule has 0 saturated carbocycles. The molecule has 0 aliphatic carbocycles. The highest BCUT2D eigenvalue weighted by molar-refractivity contribution is 5.39. The van der Waals surface area contributed by atoms with Gasteiger partial charge < -0.3 is 0 Å². The van der Waals surface area contributed by atoms with Gasteiger partial charge in [0.05, 0.1) is 4.92 Å². The van der Waals surface area contributed by atoms with Crippen molar-refractivity contribution in [1.29, 1.82) is 0 Å². The van der Waals surface area contributed by atoms with E-state index in [-0.39, 0.29) is 10.6 Å².